The van der Waals surface area contributed by atoms with Crippen LogP contribution in [-0.4, -0.2) is 41.3 Å². The fourth-order valence-electron chi connectivity index (χ4n) is 3.54. The third-order valence-electron chi connectivity index (χ3n) is 4.71. The molecule has 2 aliphatic rings. The Kier molecular flexibility index (Phi) is 4.00. The van der Waals surface area contributed by atoms with Crippen LogP contribution in [0.4, 0.5) is 10.5 Å². The number of amides is 1. The molecular weight excluding hydrogens is 346 g/mol. The smallest absolute Gasteiger partial charge is 0.407 e. The van der Waals surface area contributed by atoms with E-state index in [1.165, 1.54) is 0 Å². The maximum atomic E-state index is 11.3. The third-order valence-corrected chi connectivity index (χ3v) is 5.34. The number of piperazine rings is 1. The molecule has 2 aliphatic heterocycles. The number of fused-ring (bicyclic) bond motifs is 2. The van der Waals surface area contributed by atoms with Crippen molar-refractivity contribution in [1.29, 1.82) is 5.26 Å². The van der Waals surface area contributed by atoms with Crippen molar-refractivity contribution in [2.75, 3.05) is 18.0 Å². The van der Waals surface area contributed by atoms with Gasteiger partial charge in [-0.25, -0.2) is 4.79 Å². The van der Waals surface area contributed by atoms with E-state index in [2.05, 4.69) is 26.9 Å². The molecule has 1 aromatic carbocycles. The van der Waals surface area contributed by atoms with Gasteiger partial charge >= 0.3 is 6.09 Å². The summed E-state index contributed by atoms with van der Waals surface area (Å²) in [5.74, 6) is -0.134. The van der Waals surface area contributed by atoms with Crippen LogP contribution in [0, 0.1) is 11.3 Å². The van der Waals surface area contributed by atoms with Crippen molar-refractivity contribution in [3.8, 4) is 6.07 Å². The number of rotatable bonds is 2. The Morgan fingerprint density at radius 3 is 2.55 bits per heavy atom. The number of anilines is 1. The van der Waals surface area contributed by atoms with Crippen LogP contribution in [0.1, 0.15) is 31.2 Å². The quantitative estimate of drug-likeness (QED) is 0.873. The van der Waals surface area contributed by atoms with Crippen molar-refractivity contribution >= 4 is 27.7 Å². The molecule has 1 amide bonds. The molecule has 116 valence electrons. The number of hydrogen-bond donors (Lipinski definition) is 1. The number of nitrogens with zero attached hydrogens (tertiary/aromatic N) is 3. The molecular formula is C16H18BrN3O2. The van der Waals surface area contributed by atoms with Crippen LogP contribution >= 0.6 is 15.9 Å². The van der Waals surface area contributed by atoms with Crippen molar-refractivity contribution in [3.05, 3.63) is 28.2 Å². The summed E-state index contributed by atoms with van der Waals surface area (Å²) in [5.41, 5.74) is 2.07. The summed E-state index contributed by atoms with van der Waals surface area (Å²) >= 11 is 3.60. The molecule has 2 bridgehead atoms. The predicted octanol–water partition coefficient (Wildman–Crippen LogP) is 3.41. The molecule has 5 nitrogen and oxygen atoms in total. The van der Waals surface area contributed by atoms with Crippen molar-refractivity contribution in [1.82, 2.24) is 4.90 Å². The van der Waals surface area contributed by atoms with E-state index in [0.717, 1.165) is 41.7 Å². The second kappa shape index (κ2) is 5.81. The zero-order valence-corrected chi connectivity index (χ0v) is 14.0. The summed E-state index contributed by atoms with van der Waals surface area (Å²) in [4.78, 5) is 15.2. The van der Waals surface area contributed by atoms with Gasteiger partial charge in [0, 0.05) is 17.6 Å². The van der Waals surface area contributed by atoms with E-state index in [-0.39, 0.29) is 18.0 Å². The lowest BCUT2D eigenvalue weighted by Gasteiger charge is -2.41. The van der Waals surface area contributed by atoms with Crippen molar-refractivity contribution in [2.24, 2.45) is 0 Å². The molecule has 6 heteroatoms. The number of carbonyl (C=O) groups is 1. The maximum absolute atomic E-state index is 11.3. The van der Waals surface area contributed by atoms with Gasteiger partial charge in [0.05, 0.1) is 29.8 Å². The zero-order valence-electron chi connectivity index (χ0n) is 12.4. The minimum absolute atomic E-state index is 0.0841. The highest BCUT2D eigenvalue weighted by Gasteiger charge is 2.42. The monoisotopic (exact) mass is 363 g/mol. The molecule has 0 spiro atoms. The number of nitriles is 1. The summed E-state index contributed by atoms with van der Waals surface area (Å²) in [7, 11) is 0. The summed E-state index contributed by atoms with van der Waals surface area (Å²) < 4.78 is 0.968. The first kappa shape index (κ1) is 15.2. The van der Waals surface area contributed by atoms with Crippen LogP contribution in [-0.2, 0) is 0 Å². The fraction of sp³-hybridized carbons (Fsp3) is 0.500. The largest absolute Gasteiger partial charge is 0.465 e. The molecule has 0 aliphatic carbocycles. The fourth-order valence-corrected chi connectivity index (χ4v) is 4.18. The SMILES string of the molecule is CC(C#N)c1ccc(N2CC3CCC(C2)N3C(=O)O)c(Br)c1. The Balaban J connectivity index is 1.82. The summed E-state index contributed by atoms with van der Waals surface area (Å²) in [6, 6.07) is 8.42. The average Bonchev–Trinajstić information content (AvgIpc) is 2.77. The Morgan fingerprint density at radius 1 is 1.41 bits per heavy atom. The van der Waals surface area contributed by atoms with Gasteiger partial charge in [-0.15, -0.1) is 0 Å². The minimum atomic E-state index is -0.801. The lowest BCUT2D eigenvalue weighted by molar-refractivity contribution is 0.115. The van der Waals surface area contributed by atoms with Gasteiger partial charge in [0.2, 0.25) is 0 Å². The first-order valence-electron chi connectivity index (χ1n) is 7.46. The van der Waals surface area contributed by atoms with Gasteiger partial charge in [-0.3, -0.25) is 4.90 Å². The molecule has 1 aromatic rings. The Morgan fingerprint density at radius 2 is 2.05 bits per heavy atom. The Hall–Kier alpha value is -1.74. The molecule has 2 heterocycles. The third kappa shape index (κ3) is 2.54. The molecule has 22 heavy (non-hydrogen) atoms. The molecule has 1 N–H and O–H groups in total. The molecule has 0 saturated carbocycles. The standard InChI is InChI=1S/C16H18BrN3O2/c1-10(7-18)11-2-5-15(14(17)6-11)19-8-12-3-4-13(9-19)20(12)16(21)22/h2,5-6,10,12-13H,3-4,8-9H2,1H3,(H,21,22). The normalized spacial score (nSPS) is 25.0. The molecule has 3 unspecified atom stereocenters. The lowest BCUT2D eigenvalue weighted by Crippen LogP contribution is -2.55. The Labute approximate surface area is 138 Å². The van der Waals surface area contributed by atoms with E-state index in [0.29, 0.717) is 0 Å². The van der Waals surface area contributed by atoms with E-state index in [4.69, 9.17) is 5.26 Å². The van der Waals surface area contributed by atoms with Crippen LogP contribution in [0.5, 0.6) is 0 Å². The maximum Gasteiger partial charge on any atom is 0.407 e. The number of halogens is 1. The summed E-state index contributed by atoms with van der Waals surface area (Å²) in [6.07, 6.45) is 1.08. The van der Waals surface area contributed by atoms with Crippen LogP contribution in [0.2, 0.25) is 0 Å². The van der Waals surface area contributed by atoms with Crippen LogP contribution in [0.3, 0.4) is 0 Å². The van der Waals surface area contributed by atoms with E-state index < -0.39 is 6.09 Å². The summed E-state index contributed by atoms with van der Waals surface area (Å²) in [5, 5.41) is 18.3. The van der Waals surface area contributed by atoms with Gasteiger partial charge in [-0.1, -0.05) is 6.07 Å². The number of carboxylic acid groups (broad SMARTS) is 1. The number of benzene rings is 1. The topological polar surface area (TPSA) is 67.6 Å². The van der Waals surface area contributed by atoms with Crippen LogP contribution in [0.15, 0.2) is 22.7 Å². The van der Waals surface area contributed by atoms with Gasteiger partial charge in [0.25, 0.3) is 0 Å². The zero-order chi connectivity index (χ0) is 15.9. The van der Waals surface area contributed by atoms with Crippen molar-refractivity contribution in [3.63, 3.8) is 0 Å². The van der Waals surface area contributed by atoms with Crippen molar-refractivity contribution in [2.45, 2.75) is 37.8 Å². The number of hydrogen-bond acceptors (Lipinski definition) is 3. The highest BCUT2D eigenvalue weighted by molar-refractivity contribution is 9.10. The van der Waals surface area contributed by atoms with E-state index in [1.807, 2.05) is 25.1 Å². The average molecular weight is 364 g/mol. The molecule has 2 saturated heterocycles. The highest BCUT2D eigenvalue weighted by atomic mass is 79.9. The molecule has 0 aromatic heterocycles. The minimum Gasteiger partial charge on any atom is -0.465 e. The second-order valence-corrected chi connectivity index (χ2v) is 6.90. The lowest BCUT2D eigenvalue weighted by atomic mass is 10.0. The molecule has 0 radical (unpaired) electrons. The van der Waals surface area contributed by atoms with Crippen LogP contribution < -0.4 is 4.90 Å². The van der Waals surface area contributed by atoms with E-state index in [1.54, 1.807) is 4.90 Å². The van der Waals surface area contributed by atoms with Gasteiger partial charge in [-0.2, -0.15) is 5.26 Å². The first-order chi connectivity index (χ1) is 10.5. The molecule has 3 atom stereocenters. The van der Waals surface area contributed by atoms with E-state index >= 15 is 0 Å². The van der Waals surface area contributed by atoms with Gasteiger partial charge in [-0.05, 0) is 53.4 Å². The molecule has 2 fully saturated rings. The van der Waals surface area contributed by atoms with Gasteiger partial charge in [0.1, 0.15) is 0 Å². The van der Waals surface area contributed by atoms with Gasteiger partial charge in [0.15, 0.2) is 0 Å². The van der Waals surface area contributed by atoms with Crippen LogP contribution in [0.25, 0.3) is 0 Å². The van der Waals surface area contributed by atoms with E-state index in [9.17, 15) is 9.90 Å². The summed E-state index contributed by atoms with van der Waals surface area (Å²) in [6.45, 7) is 3.34. The highest BCUT2D eigenvalue weighted by Crippen LogP contribution is 2.36. The Bertz CT molecular complexity index is 629. The first-order valence-corrected chi connectivity index (χ1v) is 8.26. The van der Waals surface area contributed by atoms with Gasteiger partial charge < -0.3 is 10.0 Å². The van der Waals surface area contributed by atoms with Crippen molar-refractivity contribution < 1.29 is 9.90 Å². The second-order valence-electron chi connectivity index (χ2n) is 6.04. The predicted molar refractivity (Wildman–Crippen MR) is 87.1 cm³/mol. The molecule has 3 rings (SSSR count).